The number of carbonyl (C=O) groups is 2. The minimum Gasteiger partial charge on any atom is -0.466 e. The lowest BCUT2D eigenvalue weighted by Gasteiger charge is -2.21. The van der Waals surface area contributed by atoms with E-state index in [2.05, 4.69) is 10.1 Å². The Morgan fingerprint density at radius 3 is 2.70 bits per heavy atom. The Morgan fingerprint density at radius 2 is 2.00 bits per heavy atom. The molecule has 7 nitrogen and oxygen atoms in total. The molecule has 0 saturated carbocycles. The second-order valence-corrected chi connectivity index (χ2v) is 7.20. The van der Waals surface area contributed by atoms with Gasteiger partial charge in [-0.2, -0.15) is 5.10 Å². The van der Waals surface area contributed by atoms with Crippen LogP contribution in [0.15, 0.2) is 55.0 Å². The van der Waals surface area contributed by atoms with Crippen LogP contribution in [0.4, 0.5) is 0 Å². The summed E-state index contributed by atoms with van der Waals surface area (Å²) < 4.78 is 6.52. The second-order valence-electron chi connectivity index (χ2n) is 6.39. The lowest BCUT2D eigenvalue weighted by atomic mass is 10.2. The zero-order valence-electron chi connectivity index (χ0n) is 16.3. The summed E-state index contributed by atoms with van der Waals surface area (Å²) >= 11 is 12.0. The largest absolute Gasteiger partial charge is 0.466 e. The molecule has 9 heteroatoms. The molecule has 0 N–H and O–H groups in total. The first-order valence-corrected chi connectivity index (χ1v) is 10.1. The van der Waals surface area contributed by atoms with E-state index < -0.39 is 0 Å². The third-order valence-electron chi connectivity index (χ3n) is 4.25. The molecule has 1 aromatic carbocycles. The van der Waals surface area contributed by atoms with Gasteiger partial charge in [-0.1, -0.05) is 29.3 Å². The number of pyridine rings is 1. The normalized spacial score (nSPS) is 10.6. The average molecular weight is 447 g/mol. The lowest BCUT2D eigenvalue weighted by molar-refractivity contribution is -0.143. The highest BCUT2D eigenvalue weighted by Gasteiger charge is 2.20. The first kappa shape index (κ1) is 21.8. The van der Waals surface area contributed by atoms with Gasteiger partial charge in [0.05, 0.1) is 28.8 Å². The zero-order valence-corrected chi connectivity index (χ0v) is 17.8. The number of hydrogen-bond acceptors (Lipinski definition) is 5. The molecule has 156 valence electrons. The lowest BCUT2D eigenvalue weighted by Crippen LogP contribution is -2.33. The van der Waals surface area contributed by atoms with E-state index in [4.69, 9.17) is 27.9 Å². The molecule has 0 fully saturated rings. The molecule has 0 atom stereocenters. The van der Waals surface area contributed by atoms with Gasteiger partial charge in [-0.05, 0) is 42.8 Å². The molecule has 2 aromatic heterocycles. The smallest absolute Gasteiger partial charge is 0.307 e. The van der Waals surface area contributed by atoms with E-state index >= 15 is 0 Å². The maximum absolute atomic E-state index is 13.1. The molecule has 0 radical (unpaired) electrons. The van der Waals surface area contributed by atoms with E-state index in [0.29, 0.717) is 28.9 Å². The summed E-state index contributed by atoms with van der Waals surface area (Å²) in [4.78, 5) is 30.5. The molecule has 0 aliphatic rings. The average Bonchev–Trinajstić information content (AvgIpc) is 3.24. The molecule has 1 amide bonds. The van der Waals surface area contributed by atoms with Gasteiger partial charge >= 0.3 is 5.97 Å². The summed E-state index contributed by atoms with van der Waals surface area (Å²) in [5.41, 5.74) is 1.77. The maximum Gasteiger partial charge on any atom is 0.307 e. The highest BCUT2D eigenvalue weighted by Crippen LogP contribution is 2.24. The highest BCUT2D eigenvalue weighted by atomic mass is 35.5. The Kier molecular flexibility index (Phi) is 7.43. The number of amides is 1. The number of aromatic nitrogens is 3. The Balaban J connectivity index is 1.80. The van der Waals surface area contributed by atoms with Gasteiger partial charge in [0.2, 0.25) is 0 Å². The third-order valence-corrected chi connectivity index (χ3v) is 4.99. The summed E-state index contributed by atoms with van der Waals surface area (Å²) in [5.74, 6) is -0.662. The van der Waals surface area contributed by atoms with Crippen LogP contribution in [0.3, 0.4) is 0 Å². The van der Waals surface area contributed by atoms with E-state index in [1.807, 2.05) is 6.07 Å². The van der Waals surface area contributed by atoms with Crippen molar-refractivity contribution >= 4 is 35.1 Å². The van der Waals surface area contributed by atoms with E-state index in [0.717, 1.165) is 5.56 Å². The highest BCUT2D eigenvalue weighted by molar-refractivity contribution is 6.42. The van der Waals surface area contributed by atoms with Crippen LogP contribution in [0.2, 0.25) is 10.0 Å². The van der Waals surface area contributed by atoms with Gasteiger partial charge < -0.3 is 9.64 Å². The number of esters is 1. The predicted octanol–water partition coefficient (Wildman–Crippen LogP) is 4.17. The summed E-state index contributed by atoms with van der Waals surface area (Å²) in [6.45, 7) is 2.54. The summed E-state index contributed by atoms with van der Waals surface area (Å²) in [7, 11) is 0. The molecule has 3 rings (SSSR count). The Morgan fingerprint density at radius 1 is 1.17 bits per heavy atom. The SMILES string of the molecule is CCOC(=O)CCN(Cc1cccnc1)C(=O)c1ccn(-c2ccc(Cl)c(Cl)c2)n1. The fourth-order valence-electron chi connectivity index (χ4n) is 2.80. The molecular weight excluding hydrogens is 427 g/mol. The van der Waals surface area contributed by atoms with Gasteiger partial charge in [0, 0.05) is 31.7 Å². The molecule has 2 heterocycles. The van der Waals surface area contributed by atoms with Crippen molar-refractivity contribution in [1.82, 2.24) is 19.7 Å². The minimum atomic E-state index is -0.358. The van der Waals surface area contributed by atoms with Crippen molar-refractivity contribution in [1.29, 1.82) is 0 Å². The maximum atomic E-state index is 13.1. The standard InChI is InChI=1S/C21H20Cl2N4O3/c1-2-30-20(28)8-10-26(14-15-4-3-9-24-13-15)21(29)19-7-11-27(25-19)16-5-6-17(22)18(23)12-16/h3-7,9,11-13H,2,8,10,14H2,1H3. The Hall–Kier alpha value is -2.90. The topological polar surface area (TPSA) is 77.3 Å². The van der Waals surface area contributed by atoms with Crippen molar-refractivity contribution in [3.05, 3.63) is 76.3 Å². The third kappa shape index (κ3) is 5.58. The Labute approximate surface area is 184 Å². The van der Waals surface area contributed by atoms with Gasteiger partial charge in [-0.3, -0.25) is 14.6 Å². The number of ether oxygens (including phenoxy) is 1. The molecule has 0 aliphatic carbocycles. The van der Waals surface area contributed by atoms with Crippen molar-refractivity contribution in [3.8, 4) is 5.69 Å². The van der Waals surface area contributed by atoms with Crippen LogP contribution in [0.1, 0.15) is 29.4 Å². The monoisotopic (exact) mass is 446 g/mol. The van der Waals surface area contributed by atoms with Crippen LogP contribution in [-0.4, -0.2) is 44.7 Å². The van der Waals surface area contributed by atoms with Crippen LogP contribution < -0.4 is 0 Å². The van der Waals surface area contributed by atoms with E-state index in [9.17, 15) is 9.59 Å². The molecule has 3 aromatic rings. The number of nitrogens with zero attached hydrogens (tertiary/aromatic N) is 4. The summed E-state index contributed by atoms with van der Waals surface area (Å²) in [6.07, 6.45) is 5.10. The number of rotatable bonds is 8. The van der Waals surface area contributed by atoms with Crippen LogP contribution in [0, 0.1) is 0 Å². The second kappa shape index (κ2) is 10.2. The molecule has 0 saturated heterocycles. The molecule has 30 heavy (non-hydrogen) atoms. The van der Waals surface area contributed by atoms with Gasteiger partial charge in [-0.25, -0.2) is 4.68 Å². The zero-order chi connectivity index (χ0) is 21.5. The summed E-state index contributed by atoms with van der Waals surface area (Å²) in [5, 5.41) is 5.20. The van der Waals surface area contributed by atoms with Crippen LogP contribution in [0.25, 0.3) is 5.69 Å². The van der Waals surface area contributed by atoms with Gasteiger partial charge in [0.15, 0.2) is 5.69 Å². The number of carbonyl (C=O) groups excluding carboxylic acids is 2. The molecule has 0 aliphatic heterocycles. The van der Waals surface area contributed by atoms with E-state index in [1.54, 1.807) is 65.4 Å². The number of hydrogen-bond donors (Lipinski definition) is 0. The van der Waals surface area contributed by atoms with Crippen LogP contribution in [0.5, 0.6) is 0 Å². The molecule has 0 spiro atoms. The van der Waals surface area contributed by atoms with Gasteiger partial charge in [0.1, 0.15) is 0 Å². The predicted molar refractivity (Wildman–Crippen MR) is 114 cm³/mol. The summed E-state index contributed by atoms with van der Waals surface area (Å²) in [6, 6.07) is 10.4. The Bertz CT molecular complexity index is 1020. The number of benzene rings is 1. The quantitative estimate of drug-likeness (QED) is 0.485. The molecular formula is C21H20Cl2N4O3. The first-order chi connectivity index (χ1) is 14.5. The van der Waals surface area contributed by atoms with Crippen molar-refractivity contribution in [2.24, 2.45) is 0 Å². The minimum absolute atomic E-state index is 0.0906. The number of halogens is 2. The fraction of sp³-hybridized carbons (Fsp3) is 0.238. The van der Waals surface area contributed by atoms with Crippen LogP contribution in [-0.2, 0) is 16.1 Å². The van der Waals surface area contributed by atoms with Crippen molar-refractivity contribution in [3.63, 3.8) is 0 Å². The van der Waals surface area contributed by atoms with Gasteiger partial charge in [0.25, 0.3) is 5.91 Å². The van der Waals surface area contributed by atoms with Crippen LogP contribution >= 0.6 is 23.2 Å². The van der Waals surface area contributed by atoms with Crippen molar-refractivity contribution in [2.75, 3.05) is 13.2 Å². The van der Waals surface area contributed by atoms with Gasteiger partial charge in [-0.15, -0.1) is 0 Å². The van der Waals surface area contributed by atoms with Crippen molar-refractivity contribution < 1.29 is 14.3 Å². The fourth-order valence-corrected chi connectivity index (χ4v) is 3.09. The molecule has 0 bridgehead atoms. The van der Waals surface area contributed by atoms with E-state index in [1.165, 1.54) is 0 Å². The molecule has 0 unspecified atom stereocenters. The first-order valence-electron chi connectivity index (χ1n) is 9.33. The van der Waals surface area contributed by atoms with E-state index in [-0.39, 0.29) is 30.5 Å². The van der Waals surface area contributed by atoms with Crippen molar-refractivity contribution in [2.45, 2.75) is 19.9 Å².